The number of ether oxygens (including phenoxy) is 4. The van der Waals surface area contributed by atoms with E-state index in [0.29, 0.717) is 17.3 Å². The fourth-order valence-electron chi connectivity index (χ4n) is 5.14. The van der Waals surface area contributed by atoms with Gasteiger partial charge in [0, 0.05) is 17.3 Å². The molecule has 2 fully saturated rings. The zero-order valence-corrected chi connectivity index (χ0v) is 24.2. The molecule has 2 amide bonds. The van der Waals surface area contributed by atoms with Crippen molar-refractivity contribution in [3.63, 3.8) is 0 Å². The summed E-state index contributed by atoms with van der Waals surface area (Å²) < 4.78 is 24.4. The van der Waals surface area contributed by atoms with Gasteiger partial charge in [0.05, 0.1) is 12.5 Å². The molecular formula is C29H45ClN2O7. The Morgan fingerprint density at radius 1 is 0.974 bits per heavy atom. The first-order valence-corrected chi connectivity index (χ1v) is 14.7. The maximum Gasteiger partial charge on any atom is 0.319 e. The third-order valence-corrected chi connectivity index (χ3v) is 7.29. The minimum atomic E-state index is -1.07. The van der Waals surface area contributed by atoms with Crippen molar-refractivity contribution < 1.29 is 33.6 Å². The average molecular weight is 569 g/mol. The summed E-state index contributed by atoms with van der Waals surface area (Å²) in [7, 11) is 0. The van der Waals surface area contributed by atoms with Gasteiger partial charge in [0.1, 0.15) is 18.3 Å². The fraction of sp³-hybridized carbons (Fsp3) is 0.724. The summed E-state index contributed by atoms with van der Waals surface area (Å²) in [5.41, 5.74) is 0.524. The van der Waals surface area contributed by atoms with Gasteiger partial charge in [0.15, 0.2) is 12.1 Å². The lowest BCUT2D eigenvalue weighted by Gasteiger charge is -2.29. The molecule has 220 valence electrons. The Morgan fingerprint density at radius 3 is 2.18 bits per heavy atom. The number of hydrogen-bond acceptors (Lipinski definition) is 6. The van der Waals surface area contributed by atoms with Crippen LogP contribution in [0.15, 0.2) is 24.3 Å². The highest BCUT2D eigenvalue weighted by molar-refractivity contribution is 6.30. The van der Waals surface area contributed by atoms with E-state index < -0.39 is 48.4 Å². The molecule has 3 N–H and O–H groups in total. The summed E-state index contributed by atoms with van der Waals surface area (Å²) in [4.78, 5) is 24.4. The van der Waals surface area contributed by atoms with Gasteiger partial charge < -0.3 is 34.7 Å². The van der Waals surface area contributed by atoms with E-state index >= 15 is 0 Å². The van der Waals surface area contributed by atoms with Crippen molar-refractivity contribution in [2.45, 2.75) is 128 Å². The smallest absolute Gasteiger partial charge is 0.319 e. The molecule has 0 spiro atoms. The predicted octanol–water partition coefficient (Wildman–Crippen LogP) is 6.49. The zero-order chi connectivity index (χ0) is 28.3. The van der Waals surface area contributed by atoms with E-state index in [2.05, 4.69) is 17.6 Å². The molecule has 1 aromatic rings. The number of benzene rings is 1. The van der Waals surface area contributed by atoms with Crippen molar-refractivity contribution in [3.05, 3.63) is 29.3 Å². The number of anilines is 1. The third-order valence-electron chi connectivity index (χ3n) is 7.04. The Morgan fingerprint density at radius 2 is 1.56 bits per heavy atom. The first-order chi connectivity index (χ1) is 18.7. The van der Waals surface area contributed by atoms with Crippen LogP contribution in [0.25, 0.3) is 0 Å². The average Bonchev–Trinajstić information content (AvgIpc) is 3.36. The molecule has 39 heavy (non-hydrogen) atoms. The standard InChI is InChI=1S/C29H45ClN2O7/c1-4-5-6-7-8-9-10-11-12-13-18-36-27-26-25(38-29(2,3)39-26)24(37-27)22(19-23(33)34)32-28(35)31-21-16-14-20(30)15-17-21/h14-17,22,24-27H,4-13,18-19H2,1-3H3,(H,33,34)(H2,31,32,35)/t22-,24-,25+,26+,27+/m1/s1. The summed E-state index contributed by atoms with van der Waals surface area (Å²) in [6, 6.07) is 5.19. The molecule has 10 heteroatoms. The number of amides is 2. The highest BCUT2D eigenvalue weighted by Gasteiger charge is 2.58. The van der Waals surface area contributed by atoms with Gasteiger partial charge in [0.25, 0.3) is 0 Å². The monoisotopic (exact) mass is 568 g/mol. The molecule has 9 nitrogen and oxygen atoms in total. The van der Waals surface area contributed by atoms with E-state index in [9.17, 15) is 14.7 Å². The molecule has 0 aromatic heterocycles. The first-order valence-electron chi connectivity index (χ1n) is 14.4. The SMILES string of the molecule is CCCCCCCCCCCCO[C@H]1O[C@H]([C@@H](CC(=O)O)NC(=O)Nc2ccc(Cl)cc2)[C@@H]2OC(C)(C)O[C@H]12. The normalized spacial score (nSPS) is 24.3. The topological polar surface area (TPSA) is 115 Å². The van der Waals surface area contributed by atoms with Gasteiger partial charge in [-0.15, -0.1) is 0 Å². The molecule has 2 heterocycles. The summed E-state index contributed by atoms with van der Waals surface area (Å²) in [5, 5.41) is 15.5. The largest absolute Gasteiger partial charge is 0.481 e. The van der Waals surface area contributed by atoms with Gasteiger partial charge in [0.2, 0.25) is 0 Å². The Balaban J connectivity index is 1.50. The highest BCUT2D eigenvalue weighted by atomic mass is 35.5. The van der Waals surface area contributed by atoms with Crippen LogP contribution in [0, 0.1) is 0 Å². The van der Waals surface area contributed by atoms with Crippen LogP contribution in [0.1, 0.15) is 91.4 Å². The number of carboxylic acids is 1. The molecule has 0 saturated carbocycles. The van der Waals surface area contributed by atoms with Crippen molar-refractivity contribution in [3.8, 4) is 0 Å². The number of aliphatic carboxylic acids is 1. The van der Waals surface area contributed by atoms with Crippen molar-refractivity contribution >= 4 is 29.3 Å². The number of halogens is 1. The van der Waals surface area contributed by atoms with Gasteiger partial charge in [-0.05, 0) is 44.5 Å². The van der Waals surface area contributed by atoms with Crippen molar-refractivity contribution in [1.29, 1.82) is 0 Å². The van der Waals surface area contributed by atoms with Gasteiger partial charge in [-0.25, -0.2) is 4.79 Å². The number of unbranched alkanes of at least 4 members (excludes halogenated alkanes) is 9. The summed E-state index contributed by atoms with van der Waals surface area (Å²) in [5.74, 6) is -1.95. The number of hydrogen-bond donors (Lipinski definition) is 3. The Labute approximate surface area is 237 Å². The van der Waals surface area contributed by atoms with E-state index in [1.165, 1.54) is 51.4 Å². The molecule has 5 atom stereocenters. The lowest BCUT2D eigenvalue weighted by molar-refractivity contribution is -0.236. The molecule has 2 aliphatic heterocycles. The van der Waals surface area contributed by atoms with Gasteiger partial charge in [-0.2, -0.15) is 0 Å². The molecule has 1 aromatic carbocycles. The Bertz CT molecular complexity index is 898. The number of nitrogens with one attached hydrogen (secondary N) is 2. The van der Waals surface area contributed by atoms with E-state index in [1.807, 2.05) is 0 Å². The lowest BCUT2D eigenvalue weighted by atomic mass is 10.0. The van der Waals surface area contributed by atoms with E-state index in [1.54, 1.807) is 38.1 Å². The number of carbonyl (C=O) groups excluding carboxylic acids is 1. The van der Waals surface area contributed by atoms with E-state index in [0.717, 1.165) is 12.8 Å². The second-order valence-corrected chi connectivity index (χ2v) is 11.3. The summed E-state index contributed by atoms with van der Waals surface area (Å²) in [6.07, 6.45) is 9.35. The second-order valence-electron chi connectivity index (χ2n) is 10.9. The van der Waals surface area contributed by atoms with Crippen LogP contribution in [0.2, 0.25) is 5.02 Å². The molecule has 0 radical (unpaired) electrons. The third kappa shape index (κ3) is 10.5. The Kier molecular flexibility index (Phi) is 12.8. The summed E-state index contributed by atoms with van der Waals surface area (Å²) in [6.45, 7) is 6.35. The molecule has 3 rings (SSSR count). The Hall–Kier alpha value is -1.91. The molecular weight excluding hydrogens is 524 g/mol. The number of fused-ring (bicyclic) bond motifs is 1. The molecule has 0 aliphatic carbocycles. The second kappa shape index (κ2) is 15.8. The van der Waals surface area contributed by atoms with Crippen molar-refractivity contribution in [2.75, 3.05) is 11.9 Å². The maximum atomic E-state index is 12.7. The maximum absolute atomic E-state index is 12.7. The molecule has 0 bridgehead atoms. The van der Waals surface area contributed by atoms with Crippen LogP contribution in [0.3, 0.4) is 0 Å². The first kappa shape index (κ1) is 31.6. The highest BCUT2D eigenvalue weighted by Crippen LogP contribution is 2.40. The van der Waals surface area contributed by atoms with Crippen LogP contribution >= 0.6 is 11.6 Å². The minimum Gasteiger partial charge on any atom is -0.481 e. The van der Waals surface area contributed by atoms with Crippen LogP contribution in [-0.2, 0) is 23.7 Å². The van der Waals surface area contributed by atoms with E-state index in [-0.39, 0.29) is 6.42 Å². The van der Waals surface area contributed by atoms with Crippen LogP contribution < -0.4 is 10.6 Å². The number of urea groups is 1. The lowest BCUT2D eigenvalue weighted by Crippen LogP contribution is -2.51. The van der Waals surface area contributed by atoms with Crippen molar-refractivity contribution in [2.24, 2.45) is 0 Å². The number of carbonyl (C=O) groups is 2. The predicted molar refractivity (Wildman–Crippen MR) is 150 cm³/mol. The number of carboxylic acid groups (broad SMARTS) is 1. The van der Waals surface area contributed by atoms with Crippen LogP contribution in [0.4, 0.5) is 10.5 Å². The molecule has 0 unspecified atom stereocenters. The quantitative estimate of drug-likeness (QED) is 0.184. The fourth-order valence-corrected chi connectivity index (χ4v) is 5.27. The van der Waals surface area contributed by atoms with Gasteiger partial charge >= 0.3 is 12.0 Å². The van der Waals surface area contributed by atoms with Crippen LogP contribution in [-0.4, -0.2) is 60.1 Å². The molecule has 2 saturated heterocycles. The van der Waals surface area contributed by atoms with Crippen molar-refractivity contribution in [1.82, 2.24) is 5.32 Å². The van der Waals surface area contributed by atoms with Gasteiger partial charge in [-0.3, -0.25) is 4.79 Å². The van der Waals surface area contributed by atoms with Gasteiger partial charge in [-0.1, -0.05) is 76.3 Å². The minimum absolute atomic E-state index is 0.350. The molecule has 2 aliphatic rings. The van der Waals surface area contributed by atoms with Crippen LogP contribution in [0.5, 0.6) is 0 Å². The summed E-state index contributed by atoms with van der Waals surface area (Å²) >= 11 is 5.91. The van der Waals surface area contributed by atoms with E-state index in [4.69, 9.17) is 30.5 Å². The zero-order valence-electron chi connectivity index (χ0n) is 23.5. The number of rotatable bonds is 17.